The molecule has 1 aromatic carbocycles. The third-order valence-electron chi connectivity index (χ3n) is 3.19. The number of para-hydroxylation sites is 1. The monoisotopic (exact) mass is 349 g/mol. The Morgan fingerprint density at radius 3 is 2.48 bits per heavy atom. The highest BCUT2D eigenvalue weighted by Gasteiger charge is 2.11. The van der Waals surface area contributed by atoms with Crippen molar-refractivity contribution in [3.63, 3.8) is 0 Å². The Bertz CT molecular complexity index is 587. The van der Waals surface area contributed by atoms with E-state index >= 15 is 0 Å². The lowest BCUT2D eigenvalue weighted by Gasteiger charge is -2.11. The van der Waals surface area contributed by atoms with E-state index in [1.54, 1.807) is 18.2 Å². The highest BCUT2D eigenvalue weighted by Crippen LogP contribution is 2.17. The van der Waals surface area contributed by atoms with Crippen LogP contribution in [0.1, 0.15) is 44.0 Å². The molecule has 7 nitrogen and oxygen atoms in total. The Morgan fingerprint density at radius 1 is 1.08 bits per heavy atom. The lowest BCUT2D eigenvalue weighted by atomic mass is 10.2. The number of benzene rings is 1. The lowest BCUT2D eigenvalue weighted by molar-refractivity contribution is -0.126. The summed E-state index contributed by atoms with van der Waals surface area (Å²) >= 11 is 0. The Hall–Kier alpha value is -2.57. The Balaban J connectivity index is 2.28. The van der Waals surface area contributed by atoms with Gasteiger partial charge in [-0.05, 0) is 39.3 Å². The quantitative estimate of drug-likeness (QED) is 0.554. The van der Waals surface area contributed by atoms with Crippen molar-refractivity contribution in [3.8, 4) is 5.75 Å². The highest BCUT2D eigenvalue weighted by molar-refractivity contribution is 5.96. The molecule has 0 aliphatic carbocycles. The van der Waals surface area contributed by atoms with Crippen LogP contribution < -0.4 is 20.7 Å². The Morgan fingerprint density at radius 2 is 1.80 bits per heavy atom. The molecule has 25 heavy (non-hydrogen) atoms. The van der Waals surface area contributed by atoms with E-state index in [4.69, 9.17) is 4.74 Å². The van der Waals surface area contributed by atoms with Gasteiger partial charge < -0.3 is 20.7 Å². The zero-order valence-corrected chi connectivity index (χ0v) is 15.1. The van der Waals surface area contributed by atoms with E-state index < -0.39 is 0 Å². The van der Waals surface area contributed by atoms with Gasteiger partial charge in [0, 0.05) is 19.0 Å². The SMILES string of the molecule is CCOc1ccccc1C(=O)NCCCC(=O)NCC(=O)NC(C)C. The number of rotatable bonds is 10. The first-order chi connectivity index (χ1) is 11.9. The van der Waals surface area contributed by atoms with Crippen molar-refractivity contribution in [2.75, 3.05) is 19.7 Å². The van der Waals surface area contributed by atoms with Gasteiger partial charge in [0.2, 0.25) is 11.8 Å². The van der Waals surface area contributed by atoms with Crippen molar-refractivity contribution in [2.24, 2.45) is 0 Å². The fourth-order valence-electron chi connectivity index (χ4n) is 2.12. The van der Waals surface area contributed by atoms with Gasteiger partial charge in [0.05, 0.1) is 18.7 Å². The van der Waals surface area contributed by atoms with Crippen LogP contribution in [0, 0.1) is 0 Å². The molecule has 0 fully saturated rings. The molecule has 3 amide bonds. The fraction of sp³-hybridized carbons (Fsp3) is 0.500. The van der Waals surface area contributed by atoms with Crippen LogP contribution in [0.4, 0.5) is 0 Å². The minimum absolute atomic E-state index is 0.0366. The molecule has 0 saturated carbocycles. The normalized spacial score (nSPS) is 10.2. The maximum absolute atomic E-state index is 12.2. The second-order valence-corrected chi connectivity index (χ2v) is 5.79. The predicted molar refractivity (Wildman–Crippen MR) is 95.5 cm³/mol. The van der Waals surface area contributed by atoms with Gasteiger partial charge in [-0.25, -0.2) is 0 Å². The summed E-state index contributed by atoms with van der Waals surface area (Å²) in [6.45, 7) is 6.37. The minimum Gasteiger partial charge on any atom is -0.493 e. The van der Waals surface area contributed by atoms with E-state index in [1.807, 2.05) is 26.8 Å². The summed E-state index contributed by atoms with van der Waals surface area (Å²) in [6.07, 6.45) is 0.725. The predicted octanol–water partition coefficient (Wildman–Crippen LogP) is 1.24. The summed E-state index contributed by atoms with van der Waals surface area (Å²) in [5, 5.41) is 8.01. The molecule has 0 unspecified atom stereocenters. The van der Waals surface area contributed by atoms with Crippen molar-refractivity contribution in [2.45, 2.75) is 39.7 Å². The van der Waals surface area contributed by atoms with Gasteiger partial charge in [0.1, 0.15) is 5.75 Å². The second-order valence-electron chi connectivity index (χ2n) is 5.79. The van der Waals surface area contributed by atoms with E-state index in [9.17, 15) is 14.4 Å². The third kappa shape index (κ3) is 8.19. The summed E-state index contributed by atoms with van der Waals surface area (Å²) in [5.41, 5.74) is 0.471. The number of ether oxygens (including phenoxy) is 1. The molecule has 0 atom stereocenters. The van der Waals surface area contributed by atoms with Crippen LogP contribution in [-0.2, 0) is 9.59 Å². The molecule has 0 spiro atoms. The minimum atomic E-state index is -0.235. The second kappa shape index (κ2) is 11.1. The van der Waals surface area contributed by atoms with Gasteiger partial charge in [0.15, 0.2) is 0 Å². The van der Waals surface area contributed by atoms with Crippen molar-refractivity contribution >= 4 is 17.7 Å². The van der Waals surface area contributed by atoms with Crippen molar-refractivity contribution in [1.82, 2.24) is 16.0 Å². The fourth-order valence-corrected chi connectivity index (χ4v) is 2.12. The zero-order chi connectivity index (χ0) is 18.7. The molecule has 0 bridgehead atoms. The molecule has 0 saturated heterocycles. The van der Waals surface area contributed by atoms with Crippen LogP contribution in [0.15, 0.2) is 24.3 Å². The van der Waals surface area contributed by atoms with Crippen LogP contribution in [0.5, 0.6) is 5.75 Å². The lowest BCUT2D eigenvalue weighted by Crippen LogP contribution is -2.39. The first-order valence-electron chi connectivity index (χ1n) is 8.50. The van der Waals surface area contributed by atoms with Crippen LogP contribution in [-0.4, -0.2) is 43.5 Å². The number of carbonyl (C=O) groups excluding carboxylic acids is 3. The molecule has 7 heteroatoms. The van der Waals surface area contributed by atoms with Crippen molar-refractivity contribution < 1.29 is 19.1 Å². The van der Waals surface area contributed by atoms with Crippen LogP contribution in [0.2, 0.25) is 0 Å². The third-order valence-corrected chi connectivity index (χ3v) is 3.19. The zero-order valence-electron chi connectivity index (χ0n) is 15.1. The number of amides is 3. The molecule has 1 rings (SSSR count). The Labute approximate surface area is 148 Å². The van der Waals surface area contributed by atoms with Gasteiger partial charge in [0.25, 0.3) is 5.91 Å². The molecule has 0 radical (unpaired) electrons. The molecule has 138 valence electrons. The van der Waals surface area contributed by atoms with Gasteiger partial charge in [-0.1, -0.05) is 12.1 Å². The maximum atomic E-state index is 12.2. The molecule has 0 aliphatic rings. The molecule has 0 aliphatic heterocycles. The van der Waals surface area contributed by atoms with Crippen LogP contribution in [0.25, 0.3) is 0 Å². The number of carbonyl (C=O) groups is 3. The van der Waals surface area contributed by atoms with Crippen LogP contribution in [0.3, 0.4) is 0 Å². The molecule has 1 aromatic rings. The first kappa shape index (κ1) is 20.5. The van der Waals surface area contributed by atoms with E-state index in [-0.39, 0.29) is 36.7 Å². The number of nitrogens with one attached hydrogen (secondary N) is 3. The molecular weight excluding hydrogens is 322 g/mol. The summed E-state index contributed by atoms with van der Waals surface area (Å²) in [7, 11) is 0. The van der Waals surface area contributed by atoms with E-state index in [1.165, 1.54) is 0 Å². The van der Waals surface area contributed by atoms with Crippen molar-refractivity contribution in [1.29, 1.82) is 0 Å². The van der Waals surface area contributed by atoms with Gasteiger partial charge in [-0.2, -0.15) is 0 Å². The molecule has 3 N–H and O–H groups in total. The molecule has 0 aromatic heterocycles. The maximum Gasteiger partial charge on any atom is 0.255 e. The topological polar surface area (TPSA) is 96.5 Å². The summed E-state index contributed by atoms with van der Waals surface area (Å²) in [4.78, 5) is 35.2. The number of hydrogen-bond donors (Lipinski definition) is 3. The Kier molecular flexibility index (Phi) is 9.06. The van der Waals surface area contributed by atoms with Gasteiger partial charge in [-0.15, -0.1) is 0 Å². The molecule has 0 heterocycles. The summed E-state index contributed by atoms with van der Waals surface area (Å²) in [6, 6.07) is 7.06. The van der Waals surface area contributed by atoms with Crippen LogP contribution >= 0.6 is 0 Å². The number of hydrogen-bond acceptors (Lipinski definition) is 4. The van der Waals surface area contributed by atoms with Gasteiger partial charge >= 0.3 is 0 Å². The standard InChI is InChI=1S/C18H27N3O4/c1-4-25-15-9-6-5-8-14(15)18(24)19-11-7-10-16(22)20-12-17(23)21-13(2)3/h5-6,8-9,13H,4,7,10-12H2,1-3H3,(H,19,24)(H,20,22)(H,21,23). The largest absolute Gasteiger partial charge is 0.493 e. The highest BCUT2D eigenvalue weighted by atomic mass is 16.5. The van der Waals surface area contributed by atoms with Crippen molar-refractivity contribution in [3.05, 3.63) is 29.8 Å². The average Bonchev–Trinajstić information content (AvgIpc) is 2.57. The first-order valence-corrected chi connectivity index (χ1v) is 8.50. The van der Waals surface area contributed by atoms with E-state index in [0.29, 0.717) is 30.9 Å². The summed E-state index contributed by atoms with van der Waals surface area (Å²) < 4.78 is 5.42. The average molecular weight is 349 g/mol. The van der Waals surface area contributed by atoms with Gasteiger partial charge in [-0.3, -0.25) is 14.4 Å². The van der Waals surface area contributed by atoms with E-state index in [0.717, 1.165) is 0 Å². The smallest absolute Gasteiger partial charge is 0.255 e. The summed E-state index contributed by atoms with van der Waals surface area (Å²) in [5.74, 6) is -0.135. The molecular formula is C18H27N3O4. The van der Waals surface area contributed by atoms with E-state index in [2.05, 4.69) is 16.0 Å².